The van der Waals surface area contributed by atoms with Crippen molar-refractivity contribution in [3.8, 4) is 11.4 Å². The predicted octanol–water partition coefficient (Wildman–Crippen LogP) is 5.09. The molecule has 0 radical (unpaired) electrons. The minimum Gasteiger partial charge on any atom is -0.383 e. The Labute approximate surface area is 196 Å². The Morgan fingerprint density at radius 2 is 1.91 bits per heavy atom. The first kappa shape index (κ1) is 22.5. The Bertz CT molecular complexity index is 1180. The molecule has 0 saturated carbocycles. The van der Waals surface area contributed by atoms with Gasteiger partial charge in [-0.3, -0.25) is 9.36 Å². The second-order valence-electron chi connectivity index (χ2n) is 7.48. The fourth-order valence-electron chi connectivity index (χ4n) is 3.67. The lowest BCUT2D eigenvalue weighted by Crippen LogP contribution is -2.10. The number of methoxy groups -OCH3 is 1. The largest absolute Gasteiger partial charge is 0.383 e. The fourth-order valence-corrected chi connectivity index (χ4v) is 5.21. The van der Waals surface area contributed by atoms with Gasteiger partial charge >= 0.3 is 0 Å². The average Bonchev–Trinajstić information content (AvgIpc) is 3.53. The summed E-state index contributed by atoms with van der Waals surface area (Å²) in [6.45, 7) is 6.04. The molecule has 0 aliphatic rings. The molecule has 6 nitrogen and oxygen atoms in total. The van der Waals surface area contributed by atoms with Gasteiger partial charge in [0.05, 0.1) is 25.4 Å². The number of aryl methyl sites for hydroxylation is 1. The molecule has 0 fully saturated rings. The third-order valence-electron chi connectivity index (χ3n) is 5.37. The van der Waals surface area contributed by atoms with Crippen molar-refractivity contribution in [2.75, 3.05) is 19.5 Å². The molecule has 4 aromatic rings. The number of nitrogens with zero attached hydrogens (tertiary/aromatic N) is 4. The van der Waals surface area contributed by atoms with Gasteiger partial charge in [0.15, 0.2) is 16.8 Å². The first-order valence-corrected chi connectivity index (χ1v) is 12.3. The van der Waals surface area contributed by atoms with Crippen LogP contribution in [0.25, 0.3) is 11.4 Å². The highest BCUT2D eigenvalue weighted by atomic mass is 32.2. The fraction of sp³-hybridized carbons (Fsp3) is 0.292. The van der Waals surface area contributed by atoms with Crippen LogP contribution >= 0.6 is 23.1 Å². The van der Waals surface area contributed by atoms with E-state index in [1.165, 1.54) is 16.6 Å². The van der Waals surface area contributed by atoms with Gasteiger partial charge in [0.2, 0.25) is 0 Å². The maximum atomic E-state index is 13.1. The zero-order valence-electron chi connectivity index (χ0n) is 18.4. The smallest absolute Gasteiger partial charge is 0.192 e. The summed E-state index contributed by atoms with van der Waals surface area (Å²) in [4.78, 5) is 14.4. The van der Waals surface area contributed by atoms with Crippen molar-refractivity contribution in [3.05, 3.63) is 75.7 Å². The van der Waals surface area contributed by atoms with Crippen LogP contribution < -0.4 is 0 Å². The highest BCUT2D eigenvalue weighted by molar-refractivity contribution is 7.99. The minimum atomic E-state index is 0.100. The predicted molar refractivity (Wildman–Crippen MR) is 130 cm³/mol. The molecule has 166 valence electrons. The summed E-state index contributed by atoms with van der Waals surface area (Å²) < 4.78 is 9.51. The lowest BCUT2D eigenvalue weighted by molar-refractivity contribution is 0.102. The lowest BCUT2D eigenvalue weighted by atomic mass is 10.2. The van der Waals surface area contributed by atoms with E-state index in [0.717, 1.165) is 40.0 Å². The van der Waals surface area contributed by atoms with E-state index in [9.17, 15) is 4.79 Å². The molecule has 0 amide bonds. The van der Waals surface area contributed by atoms with Gasteiger partial charge in [-0.2, -0.15) is 0 Å². The Morgan fingerprint density at radius 1 is 1.09 bits per heavy atom. The highest BCUT2D eigenvalue weighted by Gasteiger charge is 2.19. The van der Waals surface area contributed by atoms with Crippen molar-refractivity contribution in [1.82, 2.24) is 19.3 Å². The lowest BCUT2D eigenvalue weighted by Gasteiger charge is -2.10. The first-order chi connectivity index (χ1) is 15.6. The van der Waals surface area contributed by atoms with Crippen LogP contribution in [-0.2, 0) is 17.8 Å². The molecule has 32 heavy (non-hydrogen) atoms. The topological polar surface area (TPSA) is 61.9 Å². The number of ketones is 1. The number of carbonyl (C=O) groups is 1. The molecule has 0 unspecified atom stereocenters. The van der Waals surface area contributed by atoms with E-state index in [-0.39, 0.29) is 5.78 Å². The molecule has 0 atom stereocenters. The van der Waals surface area contributed by atoms with Crippen LogP contribution in [0, 0.1) is 13.8 Å². The van der Waals surface area contributed by atoms with Gasteiger partial charge in [-0.25, -0.2) is 0 Å². The minimum absolute atomic E-state index is 0.100. The Hall–Kier alpha value is -2.68. The van der Waals surface area contributed by atoms with Crippen LogP contribution in [-0.4, -0.2) is 44.6 Å². The van der Waals surface area contributed by atoms with Crippen LogP contribution in [0.4, 0.5) is 0 Å². The summed E-state index contributed by atoms with van der Waals surface area (Å²) in [6, 6.07) is 16.1. The molecule has 3 heterocycles. The molecule has 0 aliphatic carbocycles. The van der Waals surface area contributed by atoms with Gasteiger partial charge in [0.1, 0.15) is 0 Å². The maximum absolute atomic E-state index is 13.1. The van der Waals surface area contributed by atoms with E-state index in [2.05, 4.69) is 39.2 Å². The number of aromatic nitrogens is 4. The van der Waals surface area contributed by atoms with Crippen molar-refractivity contribution < 1.29 is 9.53 Å². The summed E-state index contributed by atoms with van der Waals surface area (Å²) in [5.74, 6) is 1.19. The number of thioether (sulfide) groups is 1. The normalized spacial score (nSPS) is 11.2. The standard InChI is InChI=1S/C24H26N4O2S2/c1-17-14-21(18(2)28(17)15-20-10-7-13-31-20)22(29)16-32-24-26-25-23(27(24)11-12-30-3)19-8-5-4-6-9-19/h4-10,13-14H,11-12,15-16H2,1-3H3. The molecule has 4 rings (SSSR count). The van der Waals surface area contributed by atoms with Crippen LogP contribution in [0.5, 0.6) is 0 Å². The SMILES string of the molecule is COCCn1c(SCC(=O)c2cc(C)n(Cc3cccs3)c2C)nnc1-c1ccccc1. The molecule has 0 aliphatic heterocycles. The van der Waals surface area contributed by atoms with Crippen LogP contribution in [0.1, 0.15) is 26.6 Å². The van der Waals surface area contributed by atoms with E-state index in [1.807, 2.05) is 47.9 Å². The van der Waals surface area contributed by atoms with Crippen molar-refractivity contribution in [1.29, 1.82) is 0 Å². The molecular formula is C24H26N4O2S2. The number of rotatable bonds is 10. The van der Waals surface area contributed by atoms with Crippen molar-refractivity contribution in [3.63, 3.8) is 0 Å². The quantitative estimate of drug-likeness (QED) is 0.240. The zero-order chi connectivity index (χ0) is 22.5. The van der Waals surface area contributed by atoms with Gasteiger partial charge in [-0.15, -0.1) is 21.5 Å². The summed E-state index contributed by atoms with van der Waals surface area (Å²) in [7, 11) is 1.68. The van der Waals surface area contributed by atoms with Gasteiger partial charge in [-0.1, -0.05) is 48.2 Å². The number of Topliss-reactive ketones (excluding diaryl/α,β-unsaturated/α-hetero) is 1. The second kappa shape index (κ2) is 10.3. The Balaban J connectivity index is 1.51. The summed E-state index contributed by atoms with van der Waals surface area (Å²) in [6.07, 6.45) is 0. The molecule has 3 aromatic heterocycles. The highest BCUT2D eigenvalue weighted by Crippen LogP contribution is 2.26. The molecule has 1 aromatic carbocycles. The van der Waals surface area contributed by atoms with Crippen LogP contribution in [0.15, 0.2) is 59.1 Å². The van der Waals surface area contributed by atoms with Crippen molar-refractivity contribution in [2.24, 2.45) is 0 Å². The molecule has 0 N–H and O–H groups in total. The van der Waals surface area contributed by atoms with E-state index in [0.29, 0.717) is 18.9 Å². The molecule has 0 saturated heterocycles. The van der Waals surface area contributed by atoms with Crippen LogP contribution in [0.3, 0.4) is 0 Å². The number of ether oxygens (including phenoxy) is 1. The summed E-state index contributed by atoms with van der Waals surface area (Å²) >= 11 is 3.15. The third kappa shape index (κ3) is 4.87. The second-order valence-corrected chi connectivity index (χ2v) is 9.45. The summed E-state index contributed by atoms with van der Waals surface area (Å²) in [5.41, 5.74) is 3.87. The zero-order valence-corrected chi connectivity index (χ0v) is 20.1. The van der Waals surface area contributed by atoms with E-state index < -0.39 is 0 Å². The van der Waals surface area contributed by atoms with E-state index >= 15 is 0 Å². The van der Waals surface area contributed by atoms with Gasteiger partial charge < -0.3 is 9.30 Å². The Kier molecular flexibility index (Phi) is 7.24. The van der Waals surface area contributed by atoms with Crippen molar-refractivity contribution in [2.45, 2.75) is 32.1 Å². The number of benzene rings is 1. The van der Waals surface area contributed by atoms with Gasteiger partial charge in [-0.05, 0) is 31.4 Å². The number of thiophene rings is 1. The number of hydrogen-bond donors (Lipinski definition) is 0. The van der Waals surface area contributed by atoms with E-state index in [1.54, 1.807) is 18.4 Å². The molecular weight excluding hydrogens is 440 g/mol. The first-order valence-electron chi connectivity index (χ1n) is 10.4. The molecule has 0 spiro atoms. The number of carbonyl (C=O) groups excluding carboxylic acids is 1. The van der Waals surface area contributed by atoms with Gasteiger partial charge in [0.25, 0.3) is 0 Å². The average molecular weight is 467 g/mol. The van der Waals surface area contributed by atoms with Crippen molar-refractivity contribution >= 4 is 28.9 Å². The van der Waals surface area contributed by atoms with E-state index in [4.69, 9.17) is 4.74 Å². The molecule has 8 heteroatoms. The maximum Gasteiger partial charge on any atom is 0.192 e. The summed E-state index contributed by atoms with van der Waals surface area (Å²) in [5, 5.41) is 11.6. The molecule has 0 bridgehead atoms. The van der Waals surface area contributed by atoms with Crippen LogP contribution in [0.2, 0.25) is 0 Å². The number of hydrogen-bond acceptors (Lipinski definition) is 6. The van der Waals surface area contributed by atoms with Gasteiger partial charge in [0, 0.05) is 34.5 Å². The Morgan fingerprint density at radius 3 is 2.62 bits per heavy atom. The monoisotopic (exact) mass is 466 g/mol. The third-order valence-corrected chi connectivity index (χ3v) is 7.20.